The molecule has 3 aromatic rings. The molecule has 0 bridgehead atoms. The summed E-state index contributed by atoms with van der Waals surface area (Å²) in [5, 5.41) is 1.20. The van der Waals surface area contributed by atoms with Gasteiger partial charge in [-0.25, -0.2) is 9.18 Å². The number of amides is 2. The number of allylic oxidation sites excluding steroid dienone is 1. The first-order valence-corrected chi connectivity index (χ1v) is 12.3. The van der Waals surface area contributed by atoms with Crippen LogP contribution in [0.2, 0.25) is 15.1 Å². The van der Waals surface area contributed by atoms with E-state index in [1.54, 1.807) is 5.32 Å². The van der Waals surface area contributed by atoms with E-state index in [4.69, 9.17) is 34.8 Å². The molecule has 4 nitrogen and oxygen atoms in total. The van der Waals surface area contributed by atoms with Gasteiger partial charge in [-0.1, -0.05) is 65.1 Å². The monoisotopic (exact) mass is 628 g/mol. The molecular weight excluding hydrogens is 612 g/mol. The summed E-state index contributed by atoms with van der Waals surface area (Å²) >= 11 is 17.6. The zero-order valence-corrected chi connectivity index (χ0v) is 22.5. The minimum atomic E-state index is -4.94. The number of likely N-dealkylation sites (N-methyl/N-ethyl adjacent to an activating group) is 1. The highest BCUT2D eigenvalue weighted by molar-refractivity contribution is 6.48. The van der Waals surface area contributed by atoms with Gasteiger partial charge in [0.05, 0.1) is 21.6 Å². The minimum absolute atomic E-state index is 0.0220. The molecule has 0 saturated carbocycles. The summed E-state index contributed by atoms with van der Waals surface area (Å²) in [5.74, 6) is -4.41. The Morgan fingerprint density at radius 3 is 1.98 bits per heavy atom. The number of carbonyl (C=O) groups excluding carboxylic acids is 2. The topological polar surface area (TPSA) is 49.4 Å². The van der Waals surface area contributed by atoms with Gasteiger partial charge in [0.2, 0.25) is 0 Å². The van der Waals surface area contributed by atoms with E-state index in [2.05, 4.69) is 0 Å². The third kappa shape index (κ3) is 7.58. The number of hydrogen-bond acceptors (Lipinski definition) is 2. The highest BCUT2D eigenvalue weighted by Gasteiger charge is 2.40. The lowest BCUT2D eigenvalue weighted by atomic mass is 9.93. The SMILES string of the molecule is CN(CC(=O)c1ccc(/C(F)=C/C(c2cc(Cl)c(Cl)c(Cl)c2)C(F)(F)F)c2ccccc12)C(=O)NCC(F)(F)F. The number of nitrogens with zero attached hydrogens (tertiary/aromatic N) is 1. The lowest BCUT2D eigenvalue weighted by molar-refractivity contribution is -0.139. The first kappa shape index (κ1) is 31.5. The molecule has 40 heavy (non-hydrogen) atoms. The van der Waals surface area contributed by atoms with Gasteiger partial charge in [0, 0.05) is 18.2 Å². The smallest absolute Gasteiger partial charge is 0.329 e. The predicted molar refractivity (Wildman–Crippen MR) is 140 cm³/mol. The summed E-state index contributed by atoms with van der Waals surface area (Å²) in [6.07, 6.45) is -9.25. The average molecular weight is 630 g/mol. The normalized spacial score (nSPS) is 13.3. The van der Waals surface area contributed by atoms with E-state index < -0.39 is 54.6 Å². The number of halogens is 10. The predicted octanol–water partition coefficient (Wildman–Crippen LogP) is 8.84. The quantitative estimate of drug-likeness (QED) is 0.161. The van der Waals surface area contributed by atoms with Crippen LogP contribution < -0.4 is 5.32 Å². The van der Waals surface area contributed by atoms with Crippen molar-refractivity contribution in [1.82, 2.24) is 10.2 Å². The van der Waals surface area contributed by atoms with E-state index >= 15 is 4.39 Å². The molecule has 3 aromatic carbocycles. The molecule has 214 valence electrons. The van der Waals surface area contributed by atoms with Crippen LogP contribution in [0.15, 0.2) is 54.6 Å². The standard InChI is InChI=1S/C26H18Cl3F7N2O2/c1-38(24(40)37-12-25(31,32)33)11-22(39)17-7-6-16(14-4-2-3-5-15(14)17)21(30)10-18(26(34,35)36)13-8-19(27)23(29)20(28)9-13/h2-10,18H,11-12H2,1H3,(H,37,40)/b21-10-. The van der Waals surface area contributed by atoms with Crippen LogP contribution in [0.3, 0.4) is 0 Å². The number of benzene rings is 3. The van der Waals surface area contributed by atoms with Crippen molar-refractivity contribution >= 4 is 63.2 Å². The summed E-state index contributed by atoms with van der Waals surface area (Å²) in [4.78, 5) is 25.5. The van der Waals surface area contributed by atoms with E-state index in [-0.39, 0.29) is 37.0 Å². The lowest BCUT2D eigenvalue weighted by Crippen LogP contribution is -2.43. The van der Waals surface area contributed by atoms with E-state index in [9.17, 15) is 35.9 Å². The Balaban J connectivity index is 1.98. The van der Waals surface area contributed by atoms with E-state index in [0.29, 0.717) is 6.08 Å². The summed E-state index contributed by atoms with van der Waals surface area (Å²) in [7, 11) is 1.11. The Labute approximate surface area is 238 Å². The Bertz CT molecular complexity index is 1450. The van der Waals surface area contributed by atoms with Crippen molar-refractivity contribution in [3.05, 3.63) is 86.4 Å². The van der Waals surface area contributed by atoms with E-state index in [1.165, 1.54) is 24.3 Å². The number of alkyl halides is 6. The molecule has 0 saturated heterocycles. The Morgan fingerprint density at radius 1 is 0.925 bits per heavy atom. The zero-order chi connectivity index (χ0) is 30.0. The number of urea groups is 1. The van der Waals surface area contributed by atoms with Crippen molar-refractivity contribution < 1.29 is 40.3 Å². The second kappa shape index (κ2) is 12.2. The zero-order valence-electron chi connectivity index (χ0n) is 20.2. The number of rotatable bonds is 7. The number of carbonyl (C=O) groups is 2. The van der Waals surface area contributed by atoms with E-state index in [0.717, 1.165) is 36.2 Å². The molecule has 0 heterocycles. The molecule has 2 amide bonds. The second-order valence-corrected chi connectivity index (χ2v) is 9.78. The van der Waals surface area contributed by atoms with Gasteiger partial charge in [-0.05, 0) is 40.6 Å². The molecule has 0 aromatic heterocycles. The van der Waals surface area contributed by atoms with Crippen molar-refractivity contribution in [3.8, 4) is 0 Å². The first-order chi connectivity index (χ1) is 18.5. The fraction of sp³-hybridized carbons (Fsp3) is 0.231. The fourth-order valence-electron chi connectivity index (χ4n) is 3.80. The Hall–Kier alpha value is -3.02. The van der Waals surface area contributed by atoms with Crippen LogP contribution in [0.25, 0.3) is 16.6 Å². The molecule has 0 spiro atoms. The maximum atomic E-state index is 15.5. The van der Waals surface area contributed by atoms with Gasteiger partial charge in [-0.3, -0.25) is 4.79 Å². The number of nitrogens with one attached hydrogen (secondary N) is 1. The van der Waals surface area contributed by atoms with Crippen molar-refractivity contribution in [1.29, 1.82) is 0 Å². The van der Waals surface area contributed by atoms with Gasteiger partial charge in [-0.15, -0.1) is 0 Å². The maximum absolute atomic E-state index is 15.5. The molecule has 1 atom stereocenters. The van der Waals surface area contributed by atoms with Gasteiger partial charge >= 0.3 is 18.4 Å². The number of fused-ring (bicyclic) bond motifs is 1. The number of ketones is 1. The van der Waals surface area contributed by atoms with Gasteiger partial charge in [0.15, 0.2) is 5.78 Å². The van der Waals surface area contributed by atoms with Crippen molar-refractivity contribution in [2.45, 2.75) is 18.3 Å². The van der Waals surface area contributed by atoms with Crippen molar-refractivity contribution in [3.63, 3.8) is 0 Å². The third-order valence-electron chi connectivity index (χ3n) is 5.68. The lowest BCUT2D eigenvalue weighted by Gasteiger charge is -2.20. The van der Waals surface area contributed by atoms with Gasteiger partial charge in [-0.2, -0.15) is 26.3 Å². The van der Waals surface area contributed by atoms with Crippen LogP contribution in [-0.2, 0) is 0 Å². The van der Waals surface area contributed by atoms with Crippen LogP contribution in [0, 0.1) is 0 Å². The molecule has 0 aliphatic heterocycles. The van der Waals surface area contributed by atoms with Crippen molar-refractivity contribution in [2.75, 3.05) is 20.1 Å². The second-order valence-electron chi connectivity index (χ2n) is 8.59. The summed E-state index contributed by atoms with van der Waals surface area (Å²) in [6.45, 7) is -2.22. The fourth-order valence-corrected chi connectivity index (χ4v) is 4.42. The maximum Gasteiger partial charge on any atom is 0.405 e. The van der Waals surface area contributed by atoms with Gasteiger partial charge in [0.1, 0.15) is 18.3 Å². The van der Waals surface area contributed by atoms with E-state index in [1.807, 2.05) is 0 Å². The molecule has 1 unspecified atom stereocenters. The van der Waals surface area contributed by atoms with Crippen LogP contribution in [0.5, 0.6) is 0 Å². The van der Waals surface area contributed by atoms with Crippen LogP contribution in [-0.4, -0.2) is 49.2 Å². The summed E-state index contributed by atoms with van der Waals surface area (Å²) in [6, 6.07) is 8.74. The molecule has 0 aliphatic rings. The third-order valence-corrected chi connectivity index (χ3v) is 6.88. The Morgan fingerprint density at radius 2 is 1.45 bits per heavy atom. The molecule has 3 rings (SSSR count). The molecule has 1 N–H and O–H groups in total. The number of hydrogen-bond donors (Lipinski definition) is 1. The molecule has 0 radical (unpaired) electrons. The summed E-state index contributed by atoms with van der Waals surface area (Å²) in [5.41, 5.74) is -0.736. The highest BCUT2D eigenvalue weighted by Crippen LogP contribution is 2.42. The molecule has 0 aliphatic carbocycles. The van der Waals surface area contributed by atoms with Crippen molar-refractivity contribution in [2.24, 2.45) is 0 Å². The highest BCUT2D eigenvalue weighted by atomic mass is 35.5. The Kier molecular flexibility index (Phi) is 9.64. The first-order valence-electron chi connectivity index (χ1n) is 11.2. The molecule has 0 fully saturated rings. The van der Waals surface area contributed by atoms with Crippen LogP contribution in [0.1, 0.15) is 27.4 Å². The molecular formula is C26H18Cl3F7N2O2. The van der Waals surface area contributed by atoms with Crippen LogP contribution >= 0.6 is 34.8 Å². The molecule has 14 heteroatoms. The number of Topliss-reactive ketones (excluding diaryl/α,β-unsaturated/α-hetero) is 1. The van der Waals surface area contributed by atoms with Crippen LogP contribution in [0.4, 0.5) is 35.5 Å². The largest absolute Gasteiger partial charge is 0.405 e. The minimum Gasteiger partial charge on any atom is -0.329 e. The van der Waals surface area contributed by atoms with Gasteiger partial charge in [0.25, 0.3) is 0 Å². The van der Waals surface area contributed by atoms with Gasteiger partial charge < -0.3 is 10.2 Å². The summed E-state index contributed by atoms with van der Waals surface area (Å²) < 4.78 is 94.4. The average Bonchev–Trinajstić information content (AvgIpc) is 2.86.